The summed E-state index contributed by atoms with van der Waals surface area (Å²) < 4.78 is 0. The molecule has 128 valence electrons. The molecule has 0 aromatic heterocycles. The predicted molar refractivity (Wildman–Crippen MR) is 99.1 cm³/mol. The Bertz CT molecular complexity index is 880. The van der Waals surface area contributed by atoms with Crippen LogP contribution in [0.2, 0.25) is 0 Å². The highest BCUT2D eigenvalue weighted by atomic mass is 16.6. The van der Waals surface area contributed by atoms with E-state index in [1.165, 1.54) is 30.2 Å². The van der Waals surface area contributed by atoms with Crippen LogP contribution in [0, 0.1) is 15.5 Å². The van der Waals surface area contributed by atoms with E-state index in [2.05, 4.69) is 19.2 Å². The summed E-state index contributed by atoms with van der Waals surface area (Å²) in [4.78, 5) is 22.0. The molecule has 0 saturated carbocycles. The first-order chi connectivity index (χ1) is 11.8. The fourth-order valence-electron chi connectivity index (χ4n) is 3.51. The van der Waals surface area contributed by atoms with Crippen molar-refractivity contribution >= 4 is 28.4 Å². The SMILES string of the molecule is CC(=O)Nc1ccccc1C1=C(c2ccc([N+](=O)[O-])cc2)C(C)(C)C1. The van der Waals surface area contributed by atoms with Crippen molar-refractivity contribution in [1.82, 2.24) is 0 Å². The number of nitrogens with zero attached hydrogens (tertiary/aromatic N) is 1. The topological polar surface area (TPSA) is 72.2 Å². The normalized spacial score (nSPS) is 15.5. The third kappa shape index (κ3) is 3.18. The minimum Gasteiger partial charge on any atom is -0.326 e. The highest BCUT2D eigenvalue weighted by Gasteiger charge is 2.38. The molecule has 3 rings (SSSR count). The number of amides is 1. The lowest BCUT2D eigenvalue weighted by Gasteiger charge is -2.42. The van der Waals surface area contributed by atoms with Gasteiger partial charge in [-0.15, -0.1) is 0 Å². The van der Waals surface area contributed by atoms with E-state index in [-0.39, 0.29) is 17.0 Å². The van der Waals surface area contributed by atoms with Gasteiger partial charge in [-0.1, -0.05) is 32.0 Å². The van der Waals surface area contributed by atoms with Gasteiger partial charge < -0.3 is 5.32 Å². The third-order valence-corrected chi connectivity index (χ3v) is 4.53. The number of nitrogens with one attached hydrogen (secondary N) is 1. The fourth-order valence-corrected chi connectivity index (χ4v) is 3.51. The van der Waals surface area contributed by atoms with Crippen LogP contribution in [0.5, 0.6) is 0 Å². The molecule has 0 saturated heterocycles. The molecule has 0 radical (unpaired) electrons. The van der Waals surface area contributed by atoms with Crippen molar-refractivity contribution < 1.29 is 9.72 Å². The van der Waals surface area contributed by atoms with Gasteiger partial charge in [-0.25, -0.2) is 0 Å². The Morgan fingerprint density at radius 3 is 2.32 bits per heavy atom. The van der Waals surface area contributed by atoms with Gasteiger partial charge in [-0.2, -0.15) is 0 Å². The van der Waals surface area contributed by atoms with Crippen LogP contribution < -0.4 is 5.32 Å². The smallest absolute Gasteiger partial charge is 0.269 e. The molecule has 1 aliphatic rings. The summed E-state index contributed by atoms with van der Waals surface area (Å²) in [6.45, 7) is 5.82. The summed E-state index contributed by atoms with van der Waals surface area (Å²) in [6, 6.07) is 14.4. The molecule has 0 heterocycles. The number of carbonyl (C=O) groups is 1. The Morgan fingerprint density at radius 2 is 1.76 bits per heavy atom. The molecular formula is C20H20N2O3. The Balaban J connectivity index is 2.10. The number of anilines is 1. The first kappa shape index (κ1) is 16.9. The van der Waals surface area contributed by atoms with Gasteiger partial charge in [0, 0.05) is 30.3 Å². The second kappa shape index (κ2) is 6.16. The van der Waals surface area contributed by atoms with Crippen LogP contribution in [-0.2, 0) is 4.79 Å². The zero-order chi connectivity index (χ0) is 18.2. The van der Waals surface area contributed by atoms with Gasteiger partial charge in [0.05, 0.1) is 4.92 Å². The fraction of sp³-hybridized carbons (Fsp3) is 0.250. The monoisotopic (exact) mass is 336 g/mol. The number of hydrogen-bond donors (Lipinski definition) is 1. The second-order valence-corrected chi connectivity index (χ2v) is 6.94. The summed E-state index contributed by atoms with van der Waals surface area (Å²) in [5.41, 5.74) is 5.18. The Kier molecular flexibility index (Phi) is 4.17. The summed E-state index contributed by atoms with van der Waals surface area (Å²) in [5.74, 6) is -0.108. The summed E-state index contributed by atoms with van der Waals surface area (Å²) in [7, 11) is 0. The van der Waals surface area contributed by atoms with Gasteiger partial charge in [-0.3, -0.25) is 14.9 Å². The van der Waals surface area contributed by atoms with Crippen LogP contribution in [0.25, 0.3) is 11.1 Å². The minimum atomic E-state index is -0.392. The zero-order valence-corrected chi connectivity index (χ0v) is 14.5. The molecule has 2 aromatic carbocycles. The van der Waals surface area contributed by atoms with E-state index < -0.39 is 4.92 Å². The third-order valence-electron chi connectivity index (χ3n) is 4.53. The van der Waals surface area contributed by atoms with Gasteiger partial charge in [-0.05, 0) is 46.7 Å². The largest absolute Gasteiger partial charge is 0.326 e. The number of nitro benzene ring substituents is 1. The minimum absolute atomic E-state index is 0.0190. The standard InChI is InChI=1S/C20H20N2O3/c1-13(23)21-18-7-5-4-6-16(18)17-12-20(2,3)19(17)14-8-10-15(11-9-14)22(24)25/h4-11H,12H2,1-3H3,(H,21,23). The van der Waals surface area contributed by atoms with Crippen molar-refractivity contribution in [2.45, 2.75) is 27.2 Å². The molecule has 1 aliphatic carbocycles. The molecule has 5 heteroatoms. The number of para-hydroxylation sites is 1. The molecule has 0 atom stereocenters. The molecule has 0 fully saturated rings. The van der Waals surface area contributed by atoms with E-state index in [1.54, 1.807) is 12.1 Å². The average Bonchev–Trinajstić information content (AvgIpc) is 2.53. The summed E-state index contributed by atoms with van der Waals surface area (Å²) in [5, 5.41) is 13.8. The van der Waals surface area contributed by atoms with E-state index in [0.29, 0.717) is 0 Å². The number of allylic oxidation sites excluding steroid dienone is 2. The van der Waals surface area contributed by atoms with Crippen molar-refractivity contribution in [3.05, 3.63) is 69.8 Å². The highest BCUT2D eigenvalue weighted by molar-refractivity contribution is 6.04. The van der Waals surface area contributed by atoms with Crippen LogP contribution in [0.3, 0.4) is 0 Å². The molecule has 2 aromatic rings. The molecule has 1 amide bonds. The molecule has 1 N–H and O–H groups in total. The van der Waals surface area contributed by atoms with E-state index in [0.717, 1.165) is 23.2 Å². The Morgan fingerprint density at radius 1 is 1.12 bits per heavy atom. The van der Waals surface area contributed by atoms with Gasteiger partial charge in [0.25, 0.3) is 5.69 Å². The van der Waals surface area contributed by atoms with Crippen molar-refractivity contribution in [2.24, 2.45) is 5.41 Å². The number of carbonyl (C=O) groups excluding carboxylic acids is 1. The van der Waals surface area contributed by atoms with Gasteiger partial charge >= 0.3 is 0 Å². The Labute approximate surface area is 146 Å². The van der Waals surface area contributed by atoms with Crippen LogP contribution in [0.15, 0.2) is 48.5 Å². The lowest BCUT2D eigenvalue weighted by Crippen LogP contribution is -2.26. The Hall–Kier alpha value is -2.95. The first-order valence-electron chi connectivity index (χ1n) is 8.15. The molecular weight excluding hydrogens is 316 g/mol. The van der Waals surface area contributed by atoms with Crippen LogP contribution >= 0.6 is 0 Å². The lowest BCUT2D eigenvalue weighted by atomic mass is 9.62. The van der Waals surface area contributed by atoms with Crippen molar-refractivity contribution in [1.29, 1.82) is 0 Å². The number of rotatable bonds is 4. The van der Waals surface area contributed by atoms with Crippen LogP contribution in [0.4, 0.5) is 11.4 Å². The van der Waals surface area contributed by atoms with Gasteiger partial charge in [0.2, 0.25) is 5.91 Å². The van der Waals surface area contributed by atoms with Crippen LogP contribution in [0.1, 0.15) is 38.3 Å². The summed E-state index contributed by atoms with van der Waals surface area (Å²) >= 11 is 0. The highest BCUT2D eigenvalue weighted by Crippen LogP contribution is 2.56. The molecule has 0 bridgehead atoms. The average molecular weight is 336 g/mol. The summed E-state index contributed by atoms with van der Waals surface area (Å²) in [6.07, 6.45) is 0.885. The first-order valence-corrected chi connectivity index (χ1v) is 8.15. The van der Waals surface area contributed by atoms with Crippen molar-refractivity contribution in [3.8, 4) is 0 Å². The number of hydrogen-bond acceptors (Lipinski definition) is 3. The molecule has 0 spiro atoms. The predicted octanol–water partition coefficient (Wildman–Crippen LogP) is 4.89. The number of benzene rings is 2. The van der Waals surface area contributed by atoms with Crippen molar-refractivity contribution in [2.75, 3.05) is 5.32 Å². The van der Waals surface area contributed by atoms with Gasteiger partial charge in [0.1, 0.15) is 0 Å². The molecule has 0 unspecified atom stereocenters. The number of non-ortho nitro benzene ring substituents is 1. The van der Waals surface area contributed by atoms with Gasteiger partial charge in [0.15, 0.2) is 0 Å². The van der Waals surface area contributed by atoms with E-state index in [1.807, 2.05) is 24.3 Å². The zero-order valence-electron chi connectivity index (χ0n) is 14.5. The lowest BCUT2D eigenvalue weighted by molar-refractivity contribution is -0.384. The van der Waals surface area contributed by atoms with E-state index >= 15 is 0 Å². The molecule has 25 heavy (non-hydrogen) atoms. The van der Waals surface area contributed by atoms with Crippen LogP contribution in [-0.4, -0.2) is 10.8 Å². The van der Waals surface area contributed by atoms with E-state index in [9.17, 15) is 14.9 Å². The maximum absolute atomic E-state index is 11.5. The quantitative estimate of drug-likeness (QED) is 0.638. The maximum atomic E-state index is 11.5. The van der Waals surface area contributed by atoms with E-state index in [4.69, 9.17) is 0 Å². The molecule has 0 aliphatic heterocycles. The molecule has 5 nitrogen and oxygen atoms in total. The maximum Gasteiger partial charge on any atom is 0.269 e. The second-order valence-electron chi connectivity index (χ2n) is 6.94. The number of nitro groups is 1. The van der Waals surface area contributed by atoms with Crippen molar-refractivity contribution in [3.63, 3.8) is 0 Å².